The summed E-state index contributed by atoms with van der Waals surface area (Å²) in [4.78, 5) is 4.37. The number of pyridine rings is 1. The van der Waals surface area contributed by atoms with Crippen molar-refractivity contribution in [3.8, 4) is 0 Å². The van der Waals surface area contributed by atoms with E-state index in [2.05, 4.69) is 78.0 Å². The van der Waals surface area contributed by atoms with Gasteiger partial charge in [0.25, 0.3) is 0 Å². The van der Waals surface area contributed by atoms with Gasteiger partial charge in [0.05, 0.1) is 17.6 Å². The smallest absolute Gasteiger partial charge is 0.123 e. The molecule has 0 spiro atoms. The molecule has 3 nitrogen and oxygen atoms in total. The molecule has 0 aliphatic heterocycles. The second kappa shape index (κ2) is 7.34. The second-order valence-electron chi connectivity index (χ2n) is 7.61. The van der Waals surface area contributed by atoms with E-state index in [1.54, 1.807) is 0 Å². The van der Waals surface area contributed by atoms with Crippen molar-refractivity contribution in [2.24, 2.45) is 0 Å². The molecular weight excluding hydrogens is 356 g/mol. The van der Waals surface area contributed by atoms with Crippen LogP contribution in [-0.2, 0) is 17.9 Å². The highest BCUT2D eigenvalue weighted by atomic mass is 16.5. The summed E-state index contributed by atoms with van der Waals surface area (Å²) in [7, 11) is 0. The van der Waals surface area contributed by atoms with Gasteiger partial charge in [-0.1, -0.05) is 48.5 Å². The first-order valence-electron chi connectivity index (χ1n) is 10.1. The molecular formula is C26H24N2O. The minimum atomic E-state index is 0.549. The predicted octanol–water partition coefficient (Wildman–Crippen LogP) is 6.18. The molecule has 2 heterocycles. The summed E-state index contributed by atoms with van der Waals surface area (Å²) in [5.41, 5.74) is 6.36. The molecule has 0 bridgehead atoms. The van der Waals surface area contributed by atoms with Gasteiger partial charge in [-0.05, 0) is 54.5 Å². The molecule has 0 unspecified atom stereocenters. The average molecular weight is 380 g/mol. The maximum Gasteiger partial charge on any atom is 0.123 e. The first-order chi connectivity index (χ1) is 14.3. The van der Waals surface area contributed by atoms with E-state index in [9.17, 15) is 0 Å². The van der Waals surface area contributed by atoms with Crippen LogP contribution < -0.4 is 0 Å². The molecule has 0 aliphatic rings. The van der Waals surface area contributed by atoms with Crippen molar-refractivity contribution in [3.63, 3.8) is 0 Å². The minimum Gasteiger partial charge on any atom is -0.360 e. The molecule has 0 fully saturated rings. The van der Waals surface area contributed by atoms with Crippen molar-refractivity contribution in [1.29, 1.82) is 0 Å². The topological polar surface area (TPSA) is 27.1 Å². The van der Waals surface area contributed by atoms with Gasteiger partial charge < -0.3 is 9.30 Å². The summed E-state index contributed by atoms with van der Waals surface area (Å²) in [6.45, 7) is 5.67. The van der Waals surface area contributed by atoms with Gasteiger partial charge in [-0.2, -0.15) is 0 Å². The molecule has 144 valence electrons. The van der Waals surface area contributed by atoms with Crippen LogP contribution in [0.1, 0.15) is 16.7 Å². The largest absolute Gasteiger partial charge is 0.360 e. The van der Waals surface area contributed by atoms with Gasteiger partial charge in [0.2, 0.25) is 0 Å². The summed E-state index contributed by atoms with van der Waals surface area (Å²) < 4.78 is 8.49. The van der Waals surface area contributed by atoms with Crippen molar-refractivity contribution < 1.29 is 4.74 Å². The Balaban J connectivity index is 1.60. The molecule has 3 aromatic carbocycles. The van der Waals surface area contributed by atoms with Gasteiger partial charge in [-0.15, -0.1) is 0 Å². The van der Waals surface area contributed by atoms with Crippen LogP contribution in [0.2, 0.25) is 0 Å². The molecule has 2 aromatic heterocycles. The lowest BCUT2D eigenvalue weighted by Gasteiger charge is -2.13. The third kappa shape index (κ3) is 2.99. The molecule has 3 heteroatoms. The summed E-state index contributed by atoms with van der Waals surface area (Å²) in [5.74, 6) is 0. The first kappa shape index (κ1) is 17.9. The fraction of sp³-hybridized carbons (Fsp3) is 0.192. The summed E-state index contributed by atoms with van der Waals surface area (Å²) in [6, 6.07) is 21.3. The zero-order chi connectivity index (χ0) is 19.8. The van der Waals surface area contributed by atoms with Gasteiger partial charge in [-0.25, -0.2) is 0 Å². The van der Waals surface area contributed by atoms with Crippen LogP contribution in [0.4, 0.5) is 0 Å². The standard InChI is InChI=1S/C26H24N2O/c1-18-23-16-27-14-12-21(23)19(2)26-25(18)22-10-6-7-11-24(22)28(26)17-29-15-13-20-8-4-3-5-9-20/h3-12,14,16H,13,15,17H2,1-2H3. The van der Waals surface area contributed by atoms with E-state index in [1.807, 2.05) is 18.5 Å². The van der Waals surface area contributed by atoms with Gasteiger partial charge in [-0.3, -0.25) is 4.98 Å². The van der Waals surface area contributed by atoms with Gasteiger partial charge in [0, 0.05) is 28.6 Å². The van der Waals surface area contributed by atoms with E-state index in [0.29, 0.717) is 13.3 Å². The Hall–Kier alpha value is -3.17. The van der Waals surface area contributed by atoms with Crippen LogP contribution in [0.25, 0.3) is 32.6 Å². The third-order valence-electron chi connectivity index (χ3n) is 5.93. The number of aryl methyl sites for hydroxylation is 2. The number of fused-ring (bicyclic) bond motifs is 4. The minimum absolute atomic E-state index is 0.549. The average Bonchev–Trinajstić information content (AvgIpc) is 3.11. The quantitative estimate of drug-likeness (QED) is 0.341. The highest BCUT2D eigenvalue weighted by Crippen LogP contribution is 2.38. The lowest BCUT2D eigenvalue weighted by molar-refractivity contribution is 0.0848. The van der Waals surface area contributed by atoms with E-state index < -0.39 is 0 Å². The molecule has 0 radical (unpaired) electrons. The summed E-state index contributed by atoms with van der Waals surface area (Å²) in [5, 5.41) is 5.08. The van der Waals surface area contributed by atoms with Gasteiger partial charge in [0.15, 0.2) is 0 Å². The Labute approximate surface area is 170 Å². The van der Waals surface area contributed by atoms with Crippen LogP contribution >= 0.6 is 0 Å². The SMILES string of the molecule is Cc1c2cnccc2c(C)c2c1c1ccccc1n2COCCc1ccccc1. The molecule has 0 N–H and O–H groups in total. The Bertz CT molecular complexity index is 1320. The maximum absolute atomic E-state index is 6.16. The van der Waals surface area contributed by atoms with Crippen LogP contribution in [0.15, 0.2) is 73.1 Å². The lowest BCUT2D eigenvalue weighted by atomic mass is 9.97. The van der Waals surface area contributed by atoms with Crippen molar-refractivity contribution >= 4 is 32.6 Å². The number of rotatable bonds is 5. The number of hydrogen-bond donors (Lipinski definition) is 0. The maximum atomic E-state index is 6.16. The zero-order valence-corrected chi connectivity index (χ0v) is 16.9. The van der Waals surface area contributed by atoms with Crippen LogP contribution in [0.5, 0.6) is 0 Å². The first-order valence-corrected chi connectivity index (χ1v) is 10.1. The molecule has 5 aromatic rings. The highest BCUT2D eigenvalue weighted by Gasteiger charge is 2.17. The normalized spacial score (nSPS) is 11.7. The van der Waals surface area contributed by atoms with Crippen LogP contribution in [0, 0.1) is 13.8 Å². The molecule has 0 atom stereocenters. The molecule has 5 rings (SSSR count). The van der Waals surface area contributed by atoms with E-state index in [-0.39, 0.29) is 0 Å². The van der Waals surface area contributed by atoms with Crippen LogP contribution in [0.3, 0.4) is 0 Å². The monoisotopic (exact) mass is 380 g/mol. The number of benzene rings is 3. The highest BCUT2D eigenvalue weighted by molar-refractivity contribution is 6.16. The molecule has 0 amide bonds. The molecule has 29 heavy (non-hydrogen) atoms. The molecule has 0 aliphatic carbocycles. The van der Waals surface area contributed by atoms with Crippen molar-refractivity contribution in [2.75, 3.05) is 6.61 Å². The Morgan fingerprint density at radius 1 is 0.828 bits per heavy atom. The number of hydrogen-bond acceptors (Lipinski definition) is 2. The summed E-state index contributed by atoms with van der Waals surface area (Å²) in [6.07, 6.45) is 4.79. The number of nitrogens with zero attached hydrogens (tertiary/aromatic N) is 2. The Kier molecular flexibility index (Phi) is 4.53. The van der Waals surface area contributed by atoms with E-state index >= 15 is 0 Å². The van der Waals surface area contributed by atoms with Gasteiger partial charge in [0.1, 0.15) is 6.73 Å². The summed E-state index contributed by atoms with van der Waals surface area (Å²) >= 11 is 0. The Morgan fingerprint density at radius 3 is 2.48 bits per heavy atom. The molecule has 0 saturated carbocycles. The van der Waals surface area contributed by atoms with Crippen molar-refractivity contribution in [3.05, 3.63) is 89.7 Å². The predicted molar refractivity (Wildman–Crippen MR) is 120 cm³/mol. The second-order valence-corrected chi connectivity index (χ2v) is 7.61. The van der Waals surface area contributed by atoms with Crippen molar-refractivity contribution in [1.82, 2.24) is 9.55 Å². The fourth-order valence-corrected chi connectivity index (χ4v) is 4.48. The Morgan fingerprint density at radius 2 is 1.62 bits per heavy atom. The number of aromatic nitrogens is 2. The van der Waals surface area contributed by atoms with Crippen LogP contribution in [-0.4, -0.2) is 16.2 Å². The van der Waals surface area contributed by atoms with Gasteiger partial charge >= 0.3 is 0 Å². The van der Waals surface area contributed by atoms with E-state index in [1.165, 1.54) is 49.3 Å². The molecule has 0 saturated heterocycles. The number of para-hydroxylation sites is 1. The van der Waals surface area contributed by atoms with Crippen molar-refractivity contribution in [2.45, 2.75) is 27.0 Å². The van der Waals surface area contributed by atoms with E-state index in [0.717, 1.165) is 6.42 Å². The van der Waals surface area contributed by atoms with E-state index in [4.69, 9.17) is 4.74 Å². The lowest BCUT2D eigenvalue weighted by Crippen LogP contribution is -2.06. The third-order valence-corrected chi connectivity index (χ3v) is 5.93. The zero-order valence-electron chi connectivity index (χ0n) is 16.9. The number of ether oxygens (including phenoxy) is 1. The fourth-order valence-electron chi connectivity index (χ4n) is 4.48.